The largest absolute Gasteiger partial charge is 0.469 e. The quantitative estimate of drug-likeness (QED) is 0.499. The van der Waals surface area contributed by atoms with E-state index in [1.807, 2.05) is 19.9 Å². The van der Waals surface area contributed by atoms with Crippen LogP contribution in [0.5, 0.6) is 0 Å². The predicted octanol–water partition coefficient (Wildman–Crippen LogP) is 1.26. The van der Waals surface area contributed by atoms with Gasteiger partial charge in [0.1, 0.15) is 6.23 Å². The summed E-state index contributed by atoms with van der Waals surface area (Å²) in [6, 6.07) is 0. The van der Waals surface area contributed by atoms with Crippen LogP contribution in [0.2, 0.25) is 0 Å². The van der Waals surface area contributed by atoms with Gasteiger partial charge in [-0.3, -0.25) is 14.7 Å². The maximum absolute atomic E-state index is 11.3. The van der Waals surface area contributed by atoms with E-state index in [1.165, 1.54) is 7.11 Å². The van der Waals surface area contributed by atoms with Crippen LogP contribution in [0.3, 0.4) is 0 Å². The van der Waals surface area contributed by atoms with Crippen LogP contribution in [-0.4, -0.2) is 69.4 Å². The summed E-state index contributed by atoms with van der Waals surface area (Å²) in [5.74, 6) is -0.299. The number of esters is 1. The standard InChI is InChI=1S/C15H26N2O4/c1-4-5-14(12-15(18)19-3)16-13(2)21-11-8-17-6-9-20-10-7-17/h4-5,13H,6-12H2,1-3H3/b5-4-,16-14?. The van der Waals surface area contributed by atoms with Crippen molar-refractivity contribution in [2.75, 3.05) is 46.6 Å². The molecule has 0 radical (unpaired) electrons. The van der Waals surface area contributed by atoms with Crippen molar-refractivity contribution in [1.29, 1.82) is 0 Å². The van der Waals surface area contributed by atoms with Crippen molar-refractivity contribution in [2.45, 2.75) is 26.5 Å². The van der Waals surface area contributed by atoms with Crippen LogP contribution in [0.15, 0.2) is 17.1 Å². The second-order valence-electron chi connectivity index (χ2n) is 4.80. The molecule has 1 saturated heterocycles. The fourth-order valence-electron chi connectivity index (χ4n) is 2.01. The van der Waals surface area contributed by atoms with E-state index in [2.05, 4.69) is 14.6 Å². The summed E-state index contributed by atoms with van der Waals surface area (Å²) in [6.07, 6.45) is 3.54. The van der Waals surface area contributed by atoms with Crippen LogP contribution < -0.4 is 0 Å². The average Bonchev–Trinajstić information content (AvgIpc) is 2.48. The lowest BCUT2D eigenvalue weighted by atomic mass is 10.2. The zero-order chi connectivity index (χ0) is 15.5. The van der Waals surface area contributed by atoms with Crippen LogP contribution in [0.25, 0.3) is 0 Å². The number of hydrogen-bond acceptors (Lipinski definition) is 6. The number of carbonyl (C=O) groups is 1. The Morgan fingerprint density at radius 2 is 2.14 bits per heavy atom. The number of carbonyl (C=O) groups excluding carboxylic acids is 1. The Kier molecular flexibility index (Phi) is 8.89. The number of allylic oxidation sites excluding steroid dienone is 2. The van der Waals surface area contributed by atoms with Crippen LogP contribution in [0.1, 0.15) is 20.3 Å². The highest BCUT2D eigenvalue weighted by molar-refractivity contribution is 6.05. The molecule has 1 rings (SSSR count). The first kappa shape index (κ1) is 17.8. The van der Waals surface area contributed by atoms with Gasteiger partial charge in [-0.2, -0.15) is 0 Å². The lowest BCUT2D eigenvalue weighted by Gasteiger charge is -2.26. The van der Waals surface area contributed by atoms with Crippen LogP contribution in [0.4, 0.5) is 0 Å². The summed E-state index contributed by atoms with van der Waals surface area (Å²) < 4.78 is 15.6. The third-order valence-corrected chi connectivity index (χ3v) is 3.13. The molecule has 6 heteroatoms. The van der Waals surface area contributed by atoms with Gasteiger partial charge in [-0.05, 0) is 19.9 Å². The minimum Gasteiger partial charge on any atom is -0.469 e. The Labute approximate surface area is 126 Å². The summed E-state index contributed by atoms with van der Waals surface area (Å²) in [5.41, 5.74) is 0.670. The molecule has 0 amide bonds. The number of rotatable bonds is 8. The molecule has 0 N–H and O–H groups in total. The number of nitrogens with zero attached hydrogens (tertiary/aromatic N) is 2. The van der Waals surface area contributed by atoms with Crippen molar-refractivity contribution in [1.82, 2.24) is 4.90 Å². The Bertz CT molecular complexity index is 363. The molecule has 0 aromatic heterocycles. The lowest BCUT2D eigenvalue weighted by molar-refractivity contribution is -0.139. The number of methoxy groups -OCH3 is 1. The first-order valence-corrected chi connectivity index (χ1v) is 7.33. The zero-order valence-corrected chi connectivity index (χ0v) is 13.2. The van der Waals surface area contributed by atoms with E-state index in [0.717, 1.165) is 32.8 Å². The van der Waals surface area contributed by atoms with Gasteiger partial charge in [-0.25, -0.2) is 0 Å². The molecule has 1 aliphatic rings. The SMILES string of the molecule is C/C=C\C(CC(=O)OC)=NC(C)OCCN1CCOCC1. The molecule has 120 valence electrons. The average molecular weight is 298 g/mol. The van der Waals surface area contributed by atoms with Crippen molar-refractivity contribution in [2.24, 2.45) is 4.99 Å². The normalized spacial score (nSPS) is 18.9. The highest BCUT2D eigenvalue weighted by Crippen LogP contribution is 2.01. The molecule has 1 atom stereocenters. The molecule has 0 aromatic rings. The van der Waals surface area contributed by atoms with Crippen molar-refractivity contribution in [3.8, 4) is 0 Å². The van der Waals surface area contributed by atoms with E-state index in [-0.39, 0.29) is 18.6 Å². The Morgan fingerprint density at radius 1 is 1.43 bits per heavy atom. The summed E-state index contributed by atoms with van der Waals surface area (Å²) in [6.45, 7) is 8.74. The van der Waals surface area contributed by atoms with Gasteiger partial charge < -0.3 is 14.2 Å². The van der Waals surface area contributed by atoms with Crippen LogP contribution in [-0.2, 0) is 19.0 Å². The van der Waals surface area contributed by atoms with E-state index in [1.54, 1.807) is 6.08 Å². The van der Waals surface area contributed by atoms with Gasteiger partial charge in [0.2, 0.25) is 0 Å². The number of morpholine rings is 1. The topological polar surface area (TPSA) is 60.4 Å². The second kappa shape index (κ2) is 10.5. The third-order valence-electron chi connectivity index (χ3n) is 3.13. The van der Waals surface area contributed by atoms with Crippen LogP contribution >= 0.6 is 0 Å². The molecule has 0 aliphatic carbocycles. The smallest absolute Gasteiger partial charge is 0.311 e. The zero-order valence-electron chi connectivity index (χ0n) is 13.2. The highest BCUT2D eigenvalue weighted by Gasteiger charge is 2.11. The predicted molar refractivity (Wildman–Crippen MR) is 81.6 cm³/mol. The van der Waals surface area contributed by atoms with E-state index in [9.17, 15) is 4.79 Å². The number of ether oxygens (including phenoxy) is 3. The molecular formula is C15H26N2O4. The minimum atomic E-state index is -0.299. The Morgan fingerprint density at radius 3 is 2.76 bits per heavy atom. The van der Waals surface area contributed by atoms with E-state index in [0.29, 0.717) is 12.3 Å². The Balaban J connectivity index is 2.34. The lowest BCUT2D eigenvalue weighted by Crippen LogP contribution is -2.38. The summed E-state index contributed by atoms with van der Waals surface area (Å²) >= 11 is 0. The van der Waals surface area contributed by atoms with Gasteiger partial charge in [-0.1, -0.05) is 6.08 Å². The minimum absolute atomic E-state index is 0.165. The highest BCUT2D eigenvalue weighted by atomic mass is 16.5. The number of aliphatic imine (C=N–C) groups is 1. The van der Waals surface area contributed by atoms with Crippen molar-refractivity contribution < 1.29 is 19.0 Å². The maximum atomic E-state index is 11.3. The van der Waals surface area contributed by atoms with Gasteiger partial charge >= 0.3 is 5.97 Å². The molecular weight excluding hydrogens is 272 g/mol. The third kappa shape index (κ3) is 7.94. The monoisotopic (exact) mass is 298 g/mol. The fourth-order valence-corrected chi connectivity index (χ4v) is 2.01. The molecule has 1 unspecified atom stereocenters. The van der Waals surface area contributed by atoms with Gasteiger partial charge in [-0.15, -0.1) is 0 Å². The summed E-state index contributed by atoms with van der Waals surface area (Å²) in [4.78, 5) is 18.0. The molecule has 0 bridgehead atoms. The van der Waals surface area contributed by atoms with E-state index < -0.39 is 0 Å². The molecule has 6 nitrogen and oxygen atoms in total. The summed E-state index contributed by atoms with van der Waals surface area (Å²) in [7, 11) is 1.37. The summed E-state index contributed by atoms with van der Waals surface area (Å²) in [5, 5.41) is 0. The number of hydrogen-bond donors (Lipinski definition) is 0. The van der Waals surface area contributed by atoms with Crippen molar-refractivity contribution in [3.05, 3.63) is 12.2 Å². The molecule has 1 heterocycles. The van der Waals surface area contributed by atoms with E-state index in [4.69, 9.17) is 9.47 Å². The second-order valence-corrected chi connectivity index (χ2v) is 4.80. The van der Waals surface area contributed by atoms with Crippen molar-refractivity contribution >= 4 is 11.7 Å². The Hall–Kier alpha value is -1.24. The molecule has 0 saturated carbocycles. The first-order chi connectivity index (χ1) is 10.2. The fraction of sp³-hybridized carbons (Fsp3) is 0.733. The molecule has 0 spiro atoms. The molecule has 1 aliphatic heterocycles. The molecule has 21 heavy (non-hydrogen) atoms. The molecule has 1 fully saturated rings. The van der Waals surface area contributed by atoms with Gasteiger partial charge in [0.05, 0.1) is 33.4 Å². The van der Waals surface area contributed by atoms with E-state index >= 15 is 0 Å². The van der Waals surface area contributed by atoms with Gasteiger partial charge in [0, 0.05) is 25.3 Å². The first-order valence-electron chi connectivity index (χ1n) is 7.33. The molecule has 0 aromatic carbocycles. The maximum Gasteiger partial charge on any atom is 0.311 e. The van der Waals surface area contributed by atoms with Gasteiger partial charge in [0.15, 0.2) is 0 Å². The van der Waals surface area contributed by atoms with Crippen LogP contribution in [0, 0.1) is 0 Å². The van der Waals surface area contributed by atoms with Crippen molar-refractivity contribution in [3.63, 3.8) is 0 Å². The van der Waals surface area contributed by atoms with Gasteiger partial charge in [0.25, 0.3) is 0 Å².